The Labute approximate surface area is 185 Å². The molecular formula is C22H24FIN3OP. The van der Waals surface area contributed by atoms with Gasteiger partial charge in [-0.2, -0.15) is 0 Å². The molecule has 4 nitrogen and oxygen atoms in total. The van der Waals surface area contributed by atoms with Gasteiger partial charge in [0.2, 0.25) is 0 Å². The van der Waals surface area contributed by atoms with Crippen LogP contribution in [-0.4, -0.2) is 14.5 Å². The highest BCUT2D eigenvalue weighted by molar-refractivity contribution is 14.1. The zero-order chi connectivity index (χ0) is 20.5. The maximum absolute atomic E-state index is 15.2. The first-order valence-corrected chi connectivity index (χ1v) is 11.9. The topological polar surface area (TPSA) is 47.8 Å². The molecule has 7 heteroatoms. The van der Waals surface area contributed by atoms with E-state index in [1.807, 2.05) is 12.3 Å². The third-order valence-electron chi connectivity index (χ3n) is 5.85. The minimum Gasteiger partial charge on any atom is -0.315 e. The lowest BCUT2D eigenvalue weighted by Gasteiger charge is -2.22. The lowest BCUT2D eigenvalue weighted by Crippen LogP contribution is -2.25. The summed E-state index contributed by atoms with van der Waals surface area (Å²) in [6.45, 7) is 2.39. The minimum absolute atomic E-state index is 0.108. The van der Waals surface area contributed by atoms with Crippen molar-refractivity contribution in [3.05, 3.63) is 58.0 Å². The molecule has 0 aliphatic heterocycles. The molecule has 3 aromatic rings. The van der Waals surface area contributed by atoms with Crippen molar-refractivity contribution in [2.45, 2.75) is 49.2 Å². The summed E-state index contributed by atoms with van der Waals surface area (Å²) in [6, 6.07) is 3.61. The monoisotopic (exact) mass is 523 g/mol. The van der Waals surface area contributed by atoms with Crippen molar-refractivity contribution in [3.8, 4) is 11.4 Å². The van der Waals surface area contributed by atoms with Gasteiger partial charge in [0.05, 0.1) is 14.6 Å². The first-order valence-electron chi connectivity index (χ1n) is 10.00. The molecule has 1 saturated carbocycles. The van der Waals surface area contributed by atoms with Gasteiger partial charge in [-0.05, 0) is 48.8 Å². The summed E-state index contributed by atoms with van der Waals surface area (Å²) >= 11 is 2.26. The first kappa shape index (κ1) is 20.9. The standard InChI is InChI=1S/C22H24FIN3OP/c1-13-18-15(7-8-27(22(18)28)12-14-5-3-2-4-6-14)9-17(19(13)23)21-25-10-16(11-26-21)20(24)29/h7-11,14,20H,2-6,12,29H2,1H3. The average molecular weight is 523 g/mol. The maximum atomic E-state index is 15.2. The highest BCUT2D eigenvalue weighted by Crippen LogP contribution is 2.31. The van der Waals surface area contributed by atoms with Crippen LogP contribution in [0.4, 0.5) is 4.39 Å². The number of alkyl halides is 1. The average Bonchev–Trinajstić information content (AvgIpc) is 2.73. The molecule has 1 aliphatic rings. The van der Waals surface area contributed by atoms with E-state index in [0.29, 0.717) is 34.8 Å². The van der Waals surface area contributed by atoms with Crippen molar-refractivity contribution in [3.63, 3.8) is 0 Å². The van der Waals surface area contributed by atoms with Gasteiger partial charge in [-0.1, -0.05) is 41.9 Å². The van der Waals surface area contributed by atoms with Crippen molar-refractivity contribution in [2.24, 2.45) is 5.92 Å². The van der Waals surface area contributed by atoms with E-state index in [-0.39, 0.29) is 9.22 Å². The zero-order valence-electron chi connectivity index (χ0n) is 16.4. The summed E-state index contributed by atoms with van der Waals surface area (Å²) in [7, 11) is 2.68. The molecule has 2 atom stereocenters. The summed E-state index contributed by atoms with van der Waals surface area (Å²) in [5.74, 6) is 0.452. The third-order valence-corrected chi connectivity index (χ3v) is 6.95. The Kier molecular flexibility index (Phi) is 6.30. The molecule has 2 aromatic heterocycles. The summed E-state index contributed by atoms with van der Waals surface area (Å²) in [4.78, 5) is 21.8. The molecule has 1 aromatic carbocycles. The second-order valence-corrected chi connectivity index (χ2v) is 11.2. The molecule has 2 unspecified atom stereocenters. The largest absolute Gasteiger partial charge is 0.315 e. The number of aryl methyl sites for hydroxylation is 1. The number of hydrogen-bond donors (Lipinski definition) is 0. The number of aromatic nitrogens is 3. The Morgan fingerprint density at radius 3 is 2.62 bits per heavy atom. The molecule has 152 valence electrons. The van der Waals surface area contributed by atoms with Crippen LogP contribution >= 0.6 is 31.8 Å². The van der Waals surface area contributed by atoms with Crippen LogP contribution in [-0.2, 0) is 6.54 Å². The second-order valence-electron chi connectivity index (χ2n) is 7.85. The predicted octanol–water partition coefficient (Wildman–Crippen LogP) is 5.80. The Bertz CT molecular complexity index is 1090. The molecule has 1 fully saturated rings. The fraction of sp³-hybridized carbons (Fsp3) is 0.409. The third kappa shape index (κ3) is 4.24. The number of benzene rings is 1. The van der Waals surface area contributed by atoms with E-state index in [4.69, 9.17) is 0 Å². The second kappa shape index (κ2) is 8.76. The smallest absolute Gasteiger partial charge is 0.258 e. The van der Waals surface area contributed by atoms with Crippen molar-refractivity contribution in [1.82, 2.24) is 14.5 Å². The van der Waals surface area contributed by atoms with E-state index in [1.165, 1.54) is 32.1 Å². The molecule has 0 spiro atoms. The van der Waals surface area contributed by atoms with E-state index in [2.05, 4.69) is 41.8 Å². The minimum atomic E-state index is -0.422. The Hall–Kier alpha value is -1.40. The van der Waals surface area contributed by atoms with Crippen LogP contribution in [0.5, 0.6) is 0 Å². The highest BCUT2D eigenvalue weighted by atomic mass is 127. The molecule has 0 saturated heterocycles. The number of fused-ring (bicyclic) bond motifs is 1. The van der Waals surface area contributed by atoms with E-state index in [1.54, 1.807) is 30.0 Å². The van der Waals surface area contributed by atoms with Crippen LogP contribution in [0, 0.1) is 18.7 Å². The van der Waals surface area contributed by atoms with Crippen LogP contribution in [0.25, 0.3) is 22.2 Å². The molecule has 0 radical (unpaired) electrons. The van der Waals surface area contributed by atoms with Crippen molar-refractivity contribution in [2.75, 3.05) is 0 Å². The Morgan fingerprint density at radius 1 is 1.28 bits per heavy atom. The fourth-order valence-electron chi connectivity index (χ4n) is 4.19. The molecule has 1 aliphatic carbocycles. The van der Waals surface area contributed by atoms with Crippen molar-refractivity contribution >= 4 is 42.6 Å². The van der Waals surface area contributed by atoms with Crippen molar-refractivity contribution < 1.29 is 4.39 Å². The SMILES string of the molecule is Cc1c(F)c(-c2ncc(C(P)I)cn2)cc2ccn(CC3CCCCC3)c(=O)c12. The first-order chi connectivity index (χ1) is 14.0. The van der Waals surface area contributed by atoms with Gasteiger partial charge in [0.15, 0.2) is 5.82 Å². The van der Waals surface area contributed by atoms with Gasteiger partial charge in [0, 0.05) is 30.7 Å². The predicted molar refractivity (Wildman–Crippen MR) is 127 cm³/mol. The zero-order valence-corrected chi connectivity index (χ0v) is 19.7. The number of pyridine rings is 1. The van der Waals surface area contributed by atoms with Gasteiger partial charge in [0.25, 0.3) is 5.56 Å². The molecule has 2 heterocycles. The number of rotatable bonds is 4. The summed E-state index contributed by atoms with van der Waals surface area (Å²) in [6.07, 6.45) is 11.4. The highest BCUT2D eigenvalue weighted by Gasteiger charge is 2.19. The molecule has 0 bridgehead atoms. The maximum Gasteiger partial charge on any atom is 0.258 e. The molecule has 0 amide bonds. The fourth-order valence-corrected chi connectivity index (χ4v) is 4.68. The van der Waals surface area contributed by atoms with Gasteiger partial charge < -0.3 is 4.57 Å². The molecule has 29 heavy (non-hydrogen) atoms. The van der Waals surface area contributed by atoms with Gasteiger partial charge in [0.1, 0.15) is 5.82 Å². The van der Waals surface area contributed by atoms with Crippen LogP contribution < -0.4 is 5.56 Å². The van der Waals surface area contributed by atoms with Gasteiger partial charge in [-0.25, -0.2) is 14.4 Å². The molecule has 0 N–H and O–H groups in total. The van der Waals surface area contributed by atoms with E-state index >= 15 is 4.39 Å². The normalized spacial score (nSPS) is 16.3. The van der Waals surface area contributed by atoms with Gasteiger partial charge >= 0.3 is 0 Å². The van der Waals surface area contributed by atoms with E-state index < -0.39 is 5.82 Å². The summed E-state index contributed by atoms with van der Waals surface area (Å²) in [5.41, 5.74) is 1.55. The number of hydrogen-bond acceptors (Lipinski definition) is 3. The van der Waals surface area contributed by atoms with Crippen LogP contribution in [0.15, 0.2) is 35.5 Å². The van der Waals surface area contributed by atoms with Crippen LogP contribution in [0.2, 0.25) is 0 Å². The Morgan fingerprint density at radius 2 is 1.97 bits per heavy atom. The molecular weight excluding hydrogens is 499 g/mol. The van der Waals surface area contributed by atoms with Gasteiger partial charge in [-0.15, -0.1) is 9.24 Å². The van der Waals surface area contributed by atoms with Crippen LogP contribution in [0.1, 0.15) is 46.9 Å². The van der Waals surface area contributed by atoms with Crippen molar-refractivity contribution in [1.29, 1.82) is 0 Å². The number of halogens is 2. The van der Waals surface area contributed by atoms with Crippen LogP contribution in [0.3, 0.4) is 0 Å². The van der Waals surface area contributed by atoms with Gasteiger partial charge in [-0.3, -0.25) is 4.79 Å². The molecule has 4 rings (SSSR count). The Balaban J connectivity index is 1.75. The summed E-state index contributed by atoms with van der Waals surface area (Å²) in [5, 5.41) is 1.19. The lowest BCUT2D eigenvalue weighted by molar-refractivity contribution is 0.316. The summed E-state index contributed by atoms with van der Waals surface area (Å²) < 4.78 is 17.2. The van der Waals surface area contributed by atoms with E-state index in [0.717, 1.165) is 10.9 Å². The van der Waals surface area contributed by atoms with E-state index in [9.17, 15) is 4.79 Å². The lowest BCUT2D eigenvalue weighted by atomic mass is 9.89. The number of nitrogens with zero attached hydrogens (tertiary/aromatic N) is 3. The quantitative estimate of drug-likeness (QED) is 0.247.